The van der Waals surface area contributed by atoms with Crippen molar-refractivity contribution in [1.82, 2.24) is 0 Å². The topological polar surface area (TPSA) is 47.6 Å². The van der Waals surface area contributed by atoms with Gasteiger partial charge in [0.15, 0.2) is 0 Å². The molecule has 126 valence electrons. The van der Waals surface area contributed by atoms with Crippen molar-refractivity contribution < 1.29 is 14.1 Å². The summed E-state index contributed by atoms with van der Waals surface area (Å²) in [7, 11) is -0.371. The normalized spacial score (nSPS) is 19.0. The van der Waals surface area contributed by atoms with Gasteiger partial charge < -0.3 is 14.6 Å². The molecule has 5 heteroatoms. The lowest BCUT2D eigenvalue weighted by molar-refractivity contribution is -0.116. The molecular formula is C18H28BNO3. The van der Waals surface area contributed by atoms with E-state index in [1.54, 1.807) is 0 Å². The number of hydrogen-bond donors (Lipinski definition) is 1. The highest BCUT2D eigenvalue weighted by atomic mass is 16.7. The molecule has 1 saturated heterocycles. The predicted molar refractivity (Wildman–Crippen MR) is 95.0 cm³/mol. The third-order valence-electron chi connectivity index (χ3n) is 4.82. The molecule has 23 heavy (non-hydrogen) atoms. The summed E-state index contributed by atoms with van der Waals surface area (Å²) in [5.74, 6) is 0.0645. The van der Waals surface area contributed by atoms with Gasteiger partial charge in [-0.3, -0.25) is 4.79 Å². The number of unbranched alkanes of at least 4 members (excludes halogenated alkanes) is 1. The van der Waals surface area contributed by atoms with Crippen molar-refractivity contribution >= 4 is 24.2 Å². The van der Waals surface area contributed by atoms with Crippen LogP contribution < -0.4 is 10.8 Å². The van der Waals surface area contributed by atoms with Crippen LogP contribution in [0.2, 0.25) is 0 Å². The molecule has 1 fully saturated rings. The van der Waals surface area contributed by atoms with E-state index >= 15 is 0 Å². The third kappa shape index (κ3) is 3.96. The van der Waals surface area contributed by atoms with Gasteiger partial charge in [-0.25, -0.2) is 0 Å². The van der Waals surface area contributed by atoms with Crippen LogP contribution in [0.15, 0.2) is 18.2 Å². The Labute approximate surface area is 140 Å². The second kappa shape index (κ2) is 6.66. The summed E-state index contributed by atoms with van der Waals surface area (Å²) < 4.78 is 12.2. The van der Waals surface area contributed by atoms with Gasteiger partial charge in [-0.1, -0.05) is 19.4 Å². The molecule has 0 spiro atoms. The Kier molecular flexibility index (Phi) is 5.22. The second-order valence-corrected chi connectivity index (χ2v) is 7.31. The van der Waals surface area contributed by atoms with Crippen LogP contribution in [0.1, 0.15) is 59.4 Å². The van der Waals surface area contributed by atoms with E-state index in [-0.39, 0.29) is 24.2 Å². The average molecular weight is 317 g/mol. The largest absolute Gasteiger partial charge is 0.495 e. The Morgan fingerprint density at radius 2 is 1.78 bits per heavy atom. The van der Waals surface area contributed by atoms with Gasteiger partial charge in [0.2, 0.25) is 5.91 Å². The minimum atomic E-state index is -0.371. The lowest BCUT2D eigenvalue weighted by Gasteiger charge is -2.32. The molecule has 1 aliphatic rings. The second-order valence-electron chi connectivity index (χ2n) is 7.31. The molecule has 0 saturated carbocycles. The van der Waals surface area contributed by atoms with E-state index in [2.05, 4.69) is 12.2 Å². The molecule has 1 N–H and O–H groups in total. The van der Waals surface area contributed by atoms with Crippen molar-refractivity contribution in [2.75, 3.05) is 5.32 Å². The van der Waals surface area contributed by atoms with E-state index < -0.39 is 0 Å². The Bertz CT molecular complexity index is 568. The zero-order valence-corrected chi connectivity index (χ0v) is 15.2. The Morgan fingerprint density at radius 1 is 1.17 bits per heavy atom. The summed E-state index contributed by atoms with van der Waals surface area (Å²) in [6.07, 6.45) is 2.50. The fraction of sp³-hybridized carbons (Fsp3) is 0.611. The fourth-order valence-electron chi connectivity index (χ4n) is 2.55. The van der Waals surface area contributed by atoms with Gasteiger partial charge in [0.25, 0.3) is 0 Å². The lowest BCUT2D eigenvalue weighted by Crippen LogP contribution is -2.41. The van der Waals surface area contributed by atoms with Crippen molar-refractivity contribution in [1.29, 1.82) is 0 Å². The van der Waals surface area contributed by atoms with Crippen LogP contribution in [0.4, 0.5) is 5.69 Å². The molecule has 1 heterocycles. The maximum atomic E-state index is 11.8. The number of benzene rings is 1. The number of anilines is 1. The van der Waals surface area contributed by atoms with E-state index in [9.17, 15) is 4.79 Å². The summed E-state index contributed by atoms with van der Waals surface area (Å²) in [5, 5.41) is 2.95. The van der Waals surface area contributed by atoms with Crippen molar-refractivity contribution in [2.45, 2.75) is 72.0 Å². The number of amides is 1. The van der Waals surface area contributed by atoms with Crippen LogP contribution in [-0.2, 0) is 14.1 Å². The van der Waals surface area contributed by atoms with Gasteiger partial charge in [-0.2, -0.15) is 0 Å². The summed E-state index contributed by atoms with van der Waals surface area (Å²) >= 11 is 0. The van der Waals surface area contributed by atoms with Crippen LogP contribution in [0.25, 0.3) is 0 Å². The Morgan fingerprint density at radius 3 is 2.30 bits per heavy atom. The number of carbonyl (C=O) groups is 1. The van der Waals surface area contributed by atoms with Crippen molar-refractivity contribution in [3.8, 4) is 0 Å². The first-order chi connectivity index (χ1) is 10.7. The van der Waals surface area contributed by atoms with E-state index in [1.807, 2.05) is 52.8 Å². The number of rotatable bonds is 5. The highest BCUT2D eigenvalue weighted by molar-refractivity contribution is 6.62. The quantitative estimate of drug-likeness (QED) is 0.847. The predicted octanol–water partition coefficient (Wildman–Crippen LogP) is 3.42. The fourth-order valence-corrected chi connectivity index (χ4v) is 2.55. The minimum absolute atomic E-state index is 0.0645. The van der Waals surface area contributed by atoms with E-state index in [1.165, 1.54) is 0 Å². The smallest absolute Gasteiger partial charge is 0.399 e. The van der Waals surface area contributed by atoms with Gasteiger partial charge in [0.1, 0.15) is 0 Å². The summed E-state index contributed by atoms with van der Waals surface area (Å²) in [6.45, 7) is 12.3. The Balaban J connectivity index is 2.10. The molecule has 4 nitrogen and oxygen atoms in total. The van der Waals surface area contributed by atoms with Gasteiger partial charge in [-0.05, 0) is 64.2 Å². The first kappa shape index (κ1) is 18.0. The summed E-state index contributed by atoms with van der Waals surface area (Å²) in [4.78, 5) is 11.8. The van der Waals surface area contributed by atoms with Gasteiger partial charge in [0, 0.05) is 12.1 Å². The first-order valence-electron chi connectivity index (χ1n) is 8.42. The standard InChI is InChI=1S/C18H28BNO3/c1-7-8-9-16(21)20-14-10-11-15(13(2)12-14)19-22-17(3,4)18(5,6)23-19/h10-12H,7-9H2,1-6H3,(H,20,21). The summed E-state index contributed by atoms with van der Waals surface area (Å²) in [6, 6.07) is 5.87. The highest BCUT2D eigenvalue weighted by Gasteiger charge is 2.52. The molecule has 0 atom stereocenters. The van der Waals surface area contributed by atoms with Gasteiger partial charge >= 0.3 is 7.12 Å². The van der Waals surface area contributed by atoms with Crippen LogP contribution in [0.3, 0.4) is 0 Å². The zero-order valence-electron chi connectivity index (χ0n) is 15.2. The van der Waals surface area contributed by atoms with Crippen molar-refractivity contribution in [2.24, 2.45) is 0 Å². The average Bonchev–Trinajstić information content (AvgIpc) is 2.65. The molecule has 1 amide bonds. The molecule has 1 aromatic rings. The van der Waals surface area contributed by atoms with E-state index in [4.69, 9.17) is 9.31 Å². The van der Waals surface area contributed by atoms with Crippen molar-refractivity contribution in [3.63, 3.8) is 0 Å². The van der Waals surface area contributed by atoms with Crippen LogP contribution in [0, 0.1) is 6.92 Å². The third-order valence-corrected chi connectivity index (χ3v) is 4.82. The summed E-state index contributed by atoms with van der Waals surface area (Å²) in [5.41, 5.74) is 2.18. The number of hydrogen-bond acceptors (Lipinski definition) is 3. The van der Waals surface area contributed by atoms with Crippen LogP contribution in [0.5, 0.6) is 0 Å². The highest BCUT2D eigenvalue weighted by Crippen LogP contribution is 2.36. The molecule has 1 aromatic carbocycles. The number of nitrogens with one attached hydrogen (secondary N) is 1. The zero-order chi connectivity index (χ0) is 17.3. The van der Waals surface area contributed by atoms with E-state index in [0.29, 0.717) is 6.42 Å². The monoisotopic (exact) mass is 317 g/mol. The molecule has 0 unspecified atom stereocenters. The maximum absolute atomic E-state index is 11.8. The van der Waals surface area contributed by atoms with Crippen LogP contribution in [-0.4, -0.2) is 24.2 Å². The lowest BCUT2D eigenvalue weighted by atomic mass is 9.76. The maximum Gasteiger partial charge on any atom is 0.495 e. The number of aryl methyl sites for hydroxylation is 1. The molecule has 0 bridgehead atoms. The molecule has 0 aromatic heterocycles. The molecule has 1 aliphatic heterocycles. The number of carbonyl (C=O) groups excluding carboxylic acids is 1. The molecule has 0 aliphatic carbocycles. The molecule has 0 radical (unpaired) electrons. The van der Waals surface area contributed by atoms with Gasteiger partial charge in [0.05, 0.1) is 11.2 Å². The molecular weight excluding hydrogens is 289 g/mol. The SMILES string of the molecule is CCCCC(=O)Nc1ccc(B2OC(C)(C)C(C)(C)O2)c(C)c1. The first-order valence-corrected chi connectivity index (χ1v) is 8.42. The van der Waals surface area contributed by atoms with Gasteiger partial charge in [-0.15, -0.1) is 0 Å². The minimum Gasteiger partial charge on any atom is -0.399 e. The van der Waals surface area contributed by atoms with Crippen LogP contribution >= 0.6 is 0 Å². The van der Waals surface area contributed by atoms with E-state index in [0.717, 1.165) is 29.6 Å². The Hall–Kier alpha value is -1.33. The van der Waals surface area contributed by atoms with Crippen molar-refractivity contribution in [3.05, 3.63) is 23.8 Å². The molecule has 2 rings (SSSR count).